The zero-order valence-corrected chi connectivity index (χ0v) is 12.2. The number of ether oxygens (including phenoxy) is 1. The third-order valence-corrected chi connectivity index (χ3v) is 4.43. The largest absolute Gasteiger partial charge is 0.472 e. The number of hydrogen-bond acceptors (Lipinski definition) is 3. The molecule has 0 amide bonds. The maximum atomic E-state index is 5.81. The quantitative estimate of drug-likeness (QED) is 0.660. The smallest absolute Gasteiger partial charge is 0.167 e. The van der Waals surface area contributed by atoms with Crippen molar-refractivity contribution in [3.63, 3.8) is 0 Å². The molecule has 2 aromatic heterocycles. The van der Waals surface area contributed by atoms with Crippen molar-refractivity contribution in [1.29, 1.82) is 0 Å². The summed E-state index contributed by atoms with van der Waals surface area (Å²) in [5.74, 6) is 1.85. The van der Waals surface area contributed by atoms with Crippen LogP contribution in [0.1, 0.15) is 0 Å². The topological polar surface area (TPSA) is 27.1 Å². The number of benzene rings is 1. The second kappa shape index (κ2) is 4.21. The van der Waals surface area contributed by atoms with Crippen LogP contribution in [0.5, 0.6) is 5.75 Å². The van der Waals surface area contributed by atoms with Crippen LogP contribution < -0.4 is 4.74 Å². The Bertz CT molecular complexity index is 749. The van der Waals surface area contributed by atoms with Gasteiger partial charge < -0.3 is 4.74 Å². The molecule has 1 aliphatic heterocycles. The van der Waals surface area contributed by atoms with Gasteiger partial charge in [0.05, 0.1) is 11.3 Å². The van der Waals surface area contributed by atoms with Gasteiger partial charge in [0, 0.05) is 10.9 Å². The van der Waals surface area contributed by atoms with Gasteiger partial charge in [0.25, 0.3) is 0 Å². The van der Waals surface area contributed by atoms with E-state index in [1.54, 1.807) is 11.3 Å². The predicted molar refractivity (Wildman–Crippen MR) is 79.3 cm³/mol. The van der Waals surface area contributed by atoms with Gasteiger partial charge in [0.1, 0.15) is 16.2 Å². The maximum absolute atomic E-state index is 5.81. The van der Waals surface area contributed by atoms with E-state index >= 15 is 0 Å². The third-order valence-electron chi connectivity index (χ3n) is 3.20. The molecule has 0 fully saturated rings. The molecule has 19 heavy (non-hydrogen) atoms. The SMILES string of the molecule is Brc1nc2n(c1-c1ccsc1)COc1ccccc1-2. The second-order valence-electron chi connectivity index (χ2n) is 4.28. The Morgan fingerprint density at radius 2 is 2.16 bits per heavy atom. The molecule has 0 saturated carbocycles. The van der Waals surface area contributed by atoms with Crippen molar-refractivity contribution in [2.75, 3.05) is 0 Å². The van der Waals surface area contributed by atoms with E-state index in [1.165, 1.54) is 5.56 Å². The molecule has 3 nitrogen and oxygen atoms in total. The molecule has 0 N–H and O–H groups in total. The van der Waals surface area contributed by atoms with Crippen molar-refractivity contribution >= 4 is 27.3 Å². The molecule has 0 bridgehead atoms. The van der Waals surface area contributed by atoms with E-state index in [9.17, 15) is 0 Å². The van der Waals surface area contributed by atoms with Gasteiger partial charge >= 0.3 is 0 Å². The fourth-order valence-electron chi connectivity index (χ4n) is 2.34. The molecule has 0 atom stereocenters. The van der Waals surface area contributed by atoms with Crippen molar-refractivity contribution in [1.82, 2.24) is 9.55 Å². The lowest BCUT2D eigenvalue weighted by Gasteiger charge is -2.20. The van der Waals surface area contributed by atoms with Gasteiger partial charge in [-0.1, -0.05) is 12.1 Å². The first kappa shape index (κ1) is 11.3. The molecular formula is C14H9BrN2OS. The van der Waals surface area contributed by atoms with Gasteiger partial charge in [-0.05, 0) is 39.5 Å². The summed E-state index contributed by atoms with van der Waals surface area (Å²) in [6.45, 7) is 0.496. The Morgan fingerprint density at radius 3 is 3.00 bits per heavy atom. The van der Waals surface area contributed by atoms with Crippen molar-refractivity contribution < 1.29 is 4.74 Å². The average molecular weight is 333 g/mol. The summed E-state index contributed by atoms with van der Waals surface area (Å²) >= 11 is 5.25. The number of aromatic nitrogens is 2. The molecule has 0 saturated heterocycles. The highest BCUT2D eigenvalue weighted by molar-refractivity contribution is 9.10. The number of thiophene rings is 1. The van der Waals surface area contributed by atoms with Gasteiger partial charge in [-0.2, -0.15) is 11.3 Å². The molecule has 3 heterocycles. The number of hydrogen-bond donors (Lipinski definition) is 0. The fraction of sp³-hybridized carbons (Fsp3) is 0.0714. The first-order valence-electron chi connectivity index (χ1n) is 5.85. The zero-order valence-electron chi connectivity index (χ0n) is 9.84. The number of halogens is 1. The third kappa shape index (κ3) is 1.65. The molecule has 1 aliphatic rings. The Balaban J connectivity index is 1.98. The van der Waals surface area contributed by atoms with Crippen molar-refractivity contribution in [3.05, 3.63) is 45.7 Å². The highest BCUT2D eigenvalue weighted by Gasteiger charge is 2.24. The van der Waals surface area contributed by atoms with Crippen LogP contribution in [0.3, 0.4) is 0 Å². The van der Waals surface area contributed by atoms with Crippen molar-refractivity contribution in [2.24, 2.45) is 0 Å². The summed E-state index contributed by atoms with van der Waals surface area (Å²) in [7, 11) is 0. The average Bonchev–Trinajstić information content (AvgIpc) is 3.04. The van der Waals surface area contributed by atoms with Crippen LogP contribution in [-0.4, -0.2) is 9.55 Å². The molecule has 3 aromatic rings. The van der Waals surface area contributed by atoms with Gasteiger partial charge in [-0.3, -0.25) is 4.57 Å². The number of rotatable bonds is 1. The van der Waals surface area contributed by atoms with Crippen LogP contribution >= 0.6 is 27.3 Å². The Hall–Kier alpha value is -1.59. The molecular weight excluding hydrogens is 324 g/mol. The maximum Gasteiger partial charge on any atom is 0.167 e. The van der Waals surface area contributed by atoms with E-state index in [1.807, 2.05) is 24.3 Å². The lowest BCUT2D eigenvalue weighted by molar-refractivity contribution is 0.231. The van der Waals surface area contributed by atoms with E-state index in [4.69, 9.17) is 4.74 Å². The Labute approximate surface area is 122 Å². The number of nitrogens with zero attached hydrogens (tertiary/aromatic N) is 2. The first-order valence-corrected chi connectivity index (χ1v) is 7.59. The van der Waals surface area contributed by atoms with Gasteiger partial charge in [0.15, 0.2) is 6.73 Å². The summed E-state index contributed by atoms with van der Waals surface area (Å²) in [6, 6.07) is 10.1. The molecule has 0 aliphatic carbocycles. The normalized spacial score (nSPS) is 12.7. The zero-order chi connectivity index (χ0) is 12.8. The number of imidazole rings is 1. The highest BCUT2D eigenvalue weighted by atomic mass is 79.9. The van der Waals surface area contributed by atoms with E-state index in [-0.39, 0.29) is 0 Å². The summed E-state index contributed by atoms with van der Waals surface area (Å²) in [5, 5.41) is 4.19. The van der Waals surface area contributed by atoms with Gasteiger partial charge in [-0.15, -0.1) is 0 Å². The fourth-order valence-corrected chi connectivity index (χ4v) is 3.59. The minimum atomic E-state index is 0.496. The molecule has 4 rings (SSSR count). The van der Waals surface area contributed by atoms with Gasteiger partial charge in [-0.25, -0.2) is 4.98 Å². The van der Waals surface area contributed by atoms with E-state index in [2.05, 4.69) is 42.3 Å². The van der Waals surface area contributed by atoms with E-state index < -0.39 is 0 Å². The number of fused-ring (bicyclic) bond motifs is 3. The minimum absolute atomic E-state index is 0.496. The lowest BCUT2D eigenvalue weighted by Crippen LogP contribution is -2.13. The van der Waals surface area contributed by atoms with Crippen molar-refractivity contribution in [3.8, 4) is 28.4 Å². The second-order valence-corrected chi connectivity index (χ2v) is 5.82. The van der Waals surface area contributed by atoms with Crippen molar-refractivity contribution in [2.45, 2.75) is 6.73 Å². The summed E-state index contributed by atoms with van der Waals surface area (Å²) < 4.78 is 8.78. The molecule has 0 unspecified atom stereocenters. The van der Waals surface area contributed by atoms with E-state index in [0.29, 0.717) is 6.73 Å². The van der Waals surface area contributed by atoms with Crippen LogP contribution in [0.2, 0.25) is 0 Å². The molecule has 0 spiro atoms. The summed E-state index contributed by atoms with van der Waals surface area (Å²) in [5.41, 5.74) is 3.28. The van der Waals surface area contributed by atoms with Crippen LogP contribution in [0.15, 0.2) is 45.7 Å². The standard InChI is InChI=1S/C14H9BrN2OS/c15-13-12(9-5-6-19-7-9)17-8-18-11-4-2-1-3-10(11)14(17)16-13/h1-7H,8H2. The summed E-state index contributed by atoms with van der Waals surface area (Å²) in [4.78, 5) is 4.65. The number of para-hydroxylation sites is 1. The van der Waals surface area contributed by atoms with Crippen LogP contribution in [0.25, 0.3) is 22.6 Å². The monoisotopic (exact) mass is 332 g/mol. The van der Waals surface area contributed by atoms with Crippen LogP contribution in [-0.2, 0) is 6.73 Å². The highest BCUT2D eigenvalue weighted by Crippen LogP contribution is 2.40. The summed E-state index contributed by atoms with van der Waals surface area (Å²) in [6.07, 6.45) is 0. The predicted octanol–water partition coefficient (Wildman–Crippen LogP) is 4.39. The van der Waals surface area contributed by atoms with Gasteiger partial charge in [0.2, 0.25) is 0 Å². The van der Waals surface area contributed by atoms with Crippen LogP contribution in [0, 0.1) is 0 Å². The molecule has 0 radical (unpaired) electrons. The Morgan fingerprint density at radius 1 is 1.26 bits per heavy atom. The lowest BCUT2D eigenvalue weighted by atomic mass is 10.1. The molecule has 94 valence electrons. The van der Waals surface area contributed by atoms with Crippen LogP contribution in [0.4, 0.5) is 0 Å². The molecule has 1 aromatic carbocycles. The first-order chi connectivity index (χ1) is 9.34. The minimum Gasteiger partial charge on any atom is -0.472 e. The molecule has 5 heteroatoms. The Kier molecular flexibility index (Phi) is 2.50. The van der Waals surface area contributed by atoms with E-state index in [0.717, 1.165) is 27.4 Å².